The van der Waals surface area contributed by atoms with Crippen molar-refractivity contribution in [2.24, 2.45) is 0 Å². The molecule has 2 aromatic carbocycles. The Morgan fingerprint density at radius 2 is 1.71 bits per heavy atom. The fourth-order valence-electron chi connectivity index (χ4n) is 3.33. The zero-order valence-electron chi connectivity index (χ0n) is 16.4. The number of halogens is 3. The number of hydrogen-bond donors (Lipinski definition) is 1. The van der Waals surface area contributed by atoms with Crippen molar-refractivity contribution in [2.45, 2.75) is 6.18 Å². The van der Waals surface area contributed by atoms with Crippen LogP contribution in [0.1, 0.15) is 5.56 Å². The molecule has 2 heterocycles. The average molecular weight is 425 g/mol. The fraction of sp³-hybridized carbons (Fsp3) is 0.143. The summed E-state index contributed by atoms with van der Waals surface area (Å²) in [6.45, 7) is 0. The quantitative estimate of drug-likeness (QED) is 0.510. The van der Waals surface area contributed by atoms with Crippen LogP contribution in [0, 0.1) is 0 Å². The van der Waals surface area contributed by atoms with Crippen LogP contribution in [0.5, 0.6) is 11.5 Å². The molecule has 0 unspecified atom stereocenters. The molecule has 4 rings (SSSR count). The van der Waals surface area contributed by atoms with E-state index >= 15 is 0 Å². The van der Waals surface area contributed by atoms with Gasteiger partial charge in [0.25, 0.3) is 5.56 Å². The van der Waals surface area contributed by atoms with Gasteiger partial charge < -0.3 is 14.5 Å². The minimum Gasteiger partial charge on any atom is -0.497 e. The molecule has 0 aliphatic carbocycles. The first kappa shape index (κ1) is 20.6. The van der Waals surface area contributed by atoms with Gasteiger partial charge in [-0.2, -0.15) is 23.0 Å². The molecule has 31 heavy (non-hydrogen) atoms. The third-order valence-electron chi connectivity index (χ3n) is 4.79. The van der Waals surface area contributed by atoms with E-state index in [1.807, 2.05) is 0 Å². The van der Waals surface area contributed by atoms with Crippen LogP contribution in [0.3, 0.4) is 0 Å². The first-order valence-electron chi connectivity index (χ1n) is 9.04. The number of benzene rings is 2. The standard InChI is InChI=1S/C21H15BF3N3O3/c1-30-13-7-11(8-14(10-13)31-2)18-15-5-6-26-19(15)20(29)28(27-18)17-9-12(22)3-4-16(17)21(23,24)25/h3-10,26H,1-2H3. The van der Waals surface area contributed by atoms with Crippen molar-refractivity contribution in [1.82, 2.24) is 14.8 Å². The molecule has 0 bridgehead atoms. The number of aromatic amines is 1. The van der Waals surface area contributed by atoms with Gasteiger partial charge in [0.1, 0.15) is 30.6 Å². The Bertz CT molecular complexity index is 1320. The largest absolute Gasteiger partial charge is 0.497 e. The molecule has 0 saturated carbocycles. The van der Waals surface area contributed by atoms with Crippen LogP contribution in [0.2, 0.25) is 0 Å². The number of nitrogens with one attached hydrogen (secondary N) is 1. The van der Waals surface area contributed by atoms with Gasteiger partial charge in [-0.1, -0.05) is 11.5 Å². The lowest BCUT2D eigenvalue weighted by Crippen LogP contribution is -2.26. The van der Waals surface area contributed by atoms with Crippen LogP contribution < -0.4 is 20.5 Å². The molecule has 1 N–H and O–H groups in total. The Kier molecular flexibility index (Phi) is 5.00. The molecule has 0 aliphatic heterocycles. The van der Waals surface area contributed by atoms with Crippen LogP contribution in [-0.2, 0) is 6.18 Å². The van der Waals surface area contributed by atoms with Crippen LogP contribution in [0.4, 0.5) is 13.2 Å². The number of fused-ring (bicyclic) bond motifs is 1. The highest BCUT2D eigenvalue weighted by atomic mass is 19.4. The number of H-pyrrole nitrogens is 1. The van der Waals surface area contributed by atoms with Crippen molar-refractivity contribution < 1.29 is 22.6 Å². The predicted octanol–water partition coefficient (Wildman–Crippen LogP) is 3.21. The van der Waals surface area contributed by atoms with E-state index in [4.69, 9.17) is 17.3 Å². The van der Waals surface area contributed by atoms with E-state index in [9.17, 15) is 18.0 Å². The maximum Gasteiger partial charge on any atom is 0.418 e. The Labute approximate surface area is 175 Å². The molecule has 0 spiro atoms. The highest BCUT2D eigenvalue weighted by molar-refractivity contribution is 6.32. The summed E-state index contributed by atoms with van der Waals surface area (Å²) < 4.78 is 52.2. The molecule has 0 atom stereocenters. The molecular formula is C21H15BF3N3O3. The van der Waals surface area contributed by atoms with E-state index in [0.29, 0.717) is 27.1 Å². The van der Waals surface area contributed by atoms with Crippen LogP contribution in [0.25, 0.3) is 27.8 Å². The summed E-state index contributed by atoms with van der Waals surface area (Å²) in [6.07, 6.45) is -3.20. The van der Waals surface area contributed by atoms with Crippen molar-refractivity contribution in [1.29, 1.82) is 0 Å². The first-order chi connectivity index (χ1) is 14.7. The Morgan fingerprint density at radius 3 is 2.32 bits per heavy atom. The van der Waals surface area contributed by atoms with Gasteiger partial charge in [-0.15, -0.1) is 0 Å². The van der Waals surface area contributed by atoms with E-state index in [2.05, 4.69) is 10.1 Å². The maximum atomic E-state index is 13.6. The smallest absolute Gasteiger partial charge is 0.418 e. The second-order valence-electron chi connectivity index (χ2n) is 6.71. The van der Waals surface area contributed by atoms with Gasteiger partial charge in [0.15, 0.2) is 0 Å². The number of methoxy groups -OCH3 is 2. The summed E-state index contributed by atoms with van der Waals surface area (Å²) in [7, 11) is 8.67. The maximum absolute atomic E-state index is 13.6. The number of rotatable bonds is 4. The van der Waals surface area contributed by atoms with Gasteiger partial charge in [0.05, 0.1) is 25.5 Å². The Hall–Kier alpha value is -3.69. The summed E-state index contributed by atoms with van der Waals surface area (Å²) >= 11 is 0. The summed E-state index contributed by atoms with van der Waals surface area (Å²) in [6, 6.07) is 9.59. The topological polar surface area (TPSA) is 69.1 Å². The lowest BCUT2D eigenvalue weighted by atomic mass is 9.94. The molecule has 0 fully saturated rings. The van der Waals surface area contributed by atoms with E-state index < -0.39 is 23.0 Å². The second kappa shape index (κ2) is 7.53. The Balaban J connectivity index is 2.08. The summed E-state index contributed by atoms with van der Waals surface area (Å²) in [4.78, 5) is 15.8. The molecule has 2 radical (unpaired) electrons. The number of alkyl halides is 3. The zero-order valence-corrected chi connectivity index (χ0v) is 16.4. The van der Waals surface area contributed by atoms with Crippen LogP contribution in [-0.4, -0.2) is 36.8 Å². The zero-order chi connectivity index (χ0) is 22.3. The van der Waals surface area contributed by atoms with E-state index in [-0.39, 0.29) is 16.7 Å². The molecule has 0 aliphatic rings. The highest BCUT2D eigenvalue weighted by Gasteiger charge is 2.34. The molecule has 2 aromatic heterocycles. The van der Waals surface area contributed by atoms with Gasteiger partial charge in [-0.05, 0) is 30.3 Å². The van der Waals surface area contributed by atoms with Crippen molar-refractivity contribution >= 4 is 24.2 Å². The first-order valence-corrected chi connectivity index (χ1v) is 9.04. The highest BCUT2D eigenvalue weighted by Crippen LogP contribution is 2.35. The molecular weight excluding hydrogens is 410 g/mol. The average Bonchev–Trinajstić information content (AvgIpc) is 3.23. The van der Waals surface area contributed by atoms with Gasteiger partial charge in [-0.3, -0.25) is 4.79 Å². The molecule has 6 nitrogen and oxygen atoms in total. The molecule has 4 aromatic rings. The van der Waals surface area contributed by atoms with Gasteiger partial charge in [0.2, 0.25) is 0 Å². The van der Waals surface area contributed by atoms with E-state index in [1.54, 1.807) is 24.3 Å². The van der Waals surface area contributed by atoms with Crippen LogP contribution >= 0.6 is 0 Å². The monoisotopic (exact) mass is 425 g/mol. The third-order valence-corrected chi connectivity index (χ3v) is 4.79. The minimum atomic E-state index is -4.71. The molecule has 0 saturated heterocycles. The summed E-state index contributed by atoms with van der Waals surface area (Å²) in [5.74, 6) is 0.912. The molecule has 156 valence electrons. The van der Waals surface area contributed by atoms with Crippen molar-refractivity contribution in [3.63, 3.8) is 0 Å². The second-order valence-corrected chi connectivity index (χ2v) is 6.71. The number of hydrogen-bond acceptors (Lipinski definition) is 4. The summed E-state index contributed by atoms with van der Waals surface area (Å²) in [5.41, 5.74) is -1.32. The normalized spacial score (nSPS) is 11.6. The SMILES string of the molecule is [B]c1ccc(C(F)(F)F)c(-n2nc(-c3cc(OC)cc(OC)c3)c3cc[nH]c3c2=O)c1. The fourth-order valence-corrected chi connectivity index (χ4v) is 3.33. The van der Waals surface area contributed by atoms with Gasteiger partial charge in [-0.25, -0.2) is 0 Å². The van der Waals surface area contributed by atoms with Crippen molar-refractivity contribution in [3.05, 3.63) is 64.6 Å². The van der Waals surface area contributed by atoms with Gasteiger partial charge >= 0.3 is 6.18 Å². The minimum absolute atomic E-state index is 0.0629. The predicted molar refractivity (Wildman–Crippen MR) is 111 cm³/mol. The Morgan fingerprint density at radius 1 is 1.03 bits per heavy atom. The number of nitrogens with zero attached hydrogens (tertiary/aromatic N) is 2. The van der Waals surface area contributed by atoms with Crippen molar-refractivity contribution in [3.8, 4) is 28.4 Å². The number of aromatic nitrogens is 3. The molecule has 10 heteroatoms. The lowest BCUT2D eigenvalue weighted by Gasteiger charge is -2.16. The molecule has 0 amide bonds. The van der Waals surface area contributed by atoms with E-state index in [1.165, 1.54) is 20.4 Å². The lowest BCUT2D eigenvalue weighted by molar-refractivity contribution is -0.137. The van der Waals surface area contributed by atoms with Gasteiger partial charge in [0, 0.05) is 23.2 Å². The van der Waals surface area contributed by atoms with Crippen molar-refractivity contribution in [2.75, 3.05) is 14.2 Å². The summed E-state index contributed by atoms with van der Waals surface area (Å²) in [5, 5.41) is 4.74. The van der Waals surface area contributed by atoms with Crippen LogP contribution in [0.15, 0.2) is 53.5 Å². The van der Waals surface area contributed by atoms with E-state index in [0.717, 1.165) is 18.2 Å². The third kappa shape index (κ3) is 3.65. The number of ether oxygens (including phenoxy) is 2.